The third kappa shape index (κ3) is 3.92. The summed E-state index contributed by atoms with van der Waals surface area (Å²) >= 11 is 1.03. The number of aromatic nitrogens is 4. The molecule has 154 valence electrons. The van der Waals surface area contributed by atoms with Gasteiger partial charge in [0.15, 0.2) is 16.3 Å². The Morgan fingerprint density at radius 1 is 1.07 bits per heavy atom. The Morgan fingerprint density at radius 3 is 2.28 bits per heavy atom. The first kappa shape index (κ1) is 20.7. The van der Waals surface area contributed by atoms with Crippen LogP contribution in [0.4, 0.5) is 18.9 Å². The summed E-state index contributed by atoms with van der Waals surface area (Å²) in [6, 6.07) is 4.09. The number of thioether (sulfide) groups is 1. The molecule has 0 unspecified atom stereocenters. The topological polar surface area (TPSA) is 90.9 Å². The van der Waals surface area contributed by atoms with Gasteiger partial charge in [0, 0.05) is 26.8 Å². The molecule has 29 heavy (non-hydrogen) atoms. The van der Waals surface area contributed by atoms with Crippen LogP contribution in [-0.2, 0) is 32.1 Å². The first-order valence-electron chi connectivity index (χ1n) is 8.23. The van der Waals surface area contributed by atoms with Crippen LogP contribution in [0, 0.1) is 0 Å². The van der Waals surface area contributed by atoms with Crippen LogP contribution in [0.3, 0.4) is 0 Å². The Hall–Kier alpha value is -3.02. The second-order valence-corrected chi connectivity index (χ2v) is 7.19. The number of nitrogens with zero attached hydrogens (tertiary/aromatic N) is 4. The Kier molecular flexibility index (Phi) is 5.30. The number of hydrogen-bond acceptors (Lipinski definition) is 5. The molecule has 1 N–H and O–H groups in total. The van der Waals surface area contributed by atoms with Crippen LogP contribution in [-0.4, -0.2) is 30.3 Å². The van der Waals surface area contributed by atoms with Gasteiger partial charge in [0.2, 0.25) is 5.91 Å². The van der Waals surface area contributed by atoms with E-state index in [4.69, 9.17) is 0 Å². The van der Waals surface area contributed by atoms with E-state index in [1.54, 1.807) is 7.05 Å². The third-order valence-electron chi connectivity index (χ3n) is 4.25. The molecule has 3 rings (SSSR count). The number of anilines is 1. The number of benzene rings is 1. The lowest BCUT2D eigenvalue weighted by Gasteiger charge is -2.09. The number of fused-ring (bicyclic) bond motifs is 1. The smallest absolute Gasteiger partial charge is 0.325 e. The SMILES string of the molecule is Cn1c(=O)c2nc(SCC(=O)Nc3ccc(C(F)(F)F)cc3)n(C)c2n(C)c1=O. The molecule has 0 bridgehead atoms. The average Bonchev–Trinajstić information content (AvgIpc) is 2.99. The number of carbonyl (C=O) groups is 1. The zero-order valence-electron chi connectivity index (χ0n) is 15.6. The van der Waals surface area contributed by atoms with Crippen LogP contribution in [0.5, 0.6) is 0 Å². The molecule has 0 spiro atoms. The first-order chi connectivity index (χ1) is 13.5. The summed E-state index contributed by atoms with van der Waals surface area (Å²) in [5.41, 5.74) is -1.20. The van der Waals surface area contributed by atoms with Gasteiger partial charge in [-0.05, 0) is 24.3 Å². The standard InChI is InChI=1S/C17H16F3N5O3S/c1-23-13-12(14(27)25(3)16(28)24(13)2)22-15(23)29-8-11(26)21-10-6-4-9(5-7-10)17(18,19)20/h4-7H,8H2,1-3H3,(H,21,26). The molecule has 0 aliphatic rings. The highest BCUT2D eigenvalue weighted by atomic mass is 32.2. The molecule has 2 aromatic heterocycles. The van der Waals surface area contributed by atoms with Gasteiger partial charge in [0.1, 0.15) is 0 Å². The lowest BCUT2D eigenvalue weighted by molar-refractivity contribution is -0.137. The van der Waals surface area contributed by atoms with Crippen molar-refractivity contribution in [3.63, 3.8) is 0 Å². The van der Waals surface area contributed by atoms with Gasteiger partial charge in [-0.15, -0.1) is 0 Å². The molecule has 0 saturated heterocycles. The summed E-state index contributed by atoms with van der Waals surface area (Å²) in [5.74, 6) is -0.546. The van der Waals surface area contributed by atoms with Crippen molar-refractivity contribution < 1.29 is 18.0 Å². The number of nitrogens with one attached hydrogen (secondary N) is 1. The highest BCUT2D eigenvalue weighted by Gasteiger charge is 2.30. The minimum absolute atomic E-state index is 0.0908. The molecule has 0 aliphatic carbocycles. The highest BCUT2D eigenvalue weighted by Crippen LogP contribution is 2.30. The van der Waals surface area contributed by atoms with Crippen LogP contribution in [0.2, 0.25) is 0 Å². The molecule has 8 nitrogen and oxygen atoms in total. The number of alkyl halides is 3. The van der Waals surface area contributed by atoms with Gasteiger partial charge in [-0.3, -0.25) is 18.7 Å². The van der Waals surface area contributed by atoms with Gasteiger partial charge in [-0.2, -0.15) is 13.2 Å². The number of rotatable bonds is 4. The van der Waals surface area contributed by atoms with Gasteiger partial charge in [0.25, 0.3) is 5.56 Å². The van der Waals surface area contributed by atoms with E-state index in [0.717, 1.165) is 28.5 Å². The van der Waals surface area contributed by atoms with Crippen LogP contribution in [0.15, 0.2) is 39.0 Å². The number of amides is 1. The lowest BCUT2D eigenvalue weighted by atomic mass is 10.2. The largest absolute Gasteiger partial charge is 0.416 e. The van der Waals surface area contributed by atoms with Gasteiger partial charge in [-0.25, -0.2) is 9.78 Å². The van der Waals surface area contributed by atoms with E-state index in [2.05, 4.69) is 10.3 Å². The zero-order valence-corrected chi connectivity index (χ0v) is 16.4. The maximum atomic E-state index is 12.6. The van der Waals surface area contributed by atoms with Crippen molar-refractivity contribution in [1.29, 1.82) is 0 Å². The van der Waals surface area contributed by atoms with Crippen molar-refractivity contribution in [2.24, 2.45) is 21.1 Å². The molecule has 0 aliphatic heterocycles. The molecule has 1 amide bonds. The van der Waals surface area contributed by atoms with Crippen LogP contribution < -0.4 is 16.6 Å². The first-order valence-corrected chi connectivity index (χ1v) is 9.21. The van der Waals surface area contributed by atoms with Crippen LogP contribution >= 0.6 is 11.8 Å². The van der Waals surface area contributed by atoms with E-state index in [1.807, 2.05) is 0 Å². The van der Waals surface area contributed by atoms with E-state index in [9.17, 15) is 27.6 Å². The van der Waals surface area contributed by atoms with E-state index >= 15 is 0 Å². The van der Waals surface area contributed by atoms with Gasteiger partial charge >= 0.3 is 11.9 Å². The average molecular weight is 427 g/mol. The normalized spacial score (nSPS) is 11.8. The molecule has 0 fully saturated rings. The number of carbonyl (C=O) groups excluding carboxylic acids is 1. The van der Waals surface area contributed by atoms with E-state index in [1.165, 1.54) is 35.4 Å². The third-order valence-corrected chi connectivity index (χ3v) is 5.28. The second-order valence-electron chi connectivity index (χ2n) is 6.24. The van der Waals surface area contributed by atoms with Gasteiger partial charge in [0.05, 0.1) is 11.3 Å². The fourth-order valence-electron chi connectivity index (χ4n) is 2.76. The minimum Gasteiger partial charge on any atom is -0.325 e. The predicted molar refractivity (Wildman–Crippen MR) is 102 cm³/mol. The van der Waals surface area contributed by atoms with Gasteiger partial charge in [-0.1, -0.05) is 11.8 Å². The number of aryl methyl sites for hydroxylation is 2. The number of imidazole rings is 1. The van der Waals surface area contributed by atoms with Crippen molar-refractivity contribution in [2.45, 2.75) is 11.3 Å². The monoisotopic (exact) mass is 427 g/mol. The molecule has 0 atom stereocenters. The predicted octanol–water partition coefficient (Wildman–Crippen LogP) is 1.72. The molecule has 0 radical (unpaired) electrons. The second kappa shape index (κ2) is 7.43. The molecule has 2 heterocycles. The minimum atomic E-state index is -4.45. The van der Waals surface area contributed by atoms with Crippen molar-refractivity contribution in [2.75, 3.05) is 11.1 Å². The van der Waals surface area contributed by atoms with Crippen molar-refractivity contribution >= 4 is 34.5 Å². The van der Waals surface area contributed by atoms with Gasteiger partial charge < -0.3 is 9.88 Å². The molecule has 1 aromatic carbocycles. The number of halogens is 3. The summed E-state index contributed by atoms with van der Waals surface area (Å²) in [5, 5.41) is 2.85. The van der Waals surface area contributed by atoms with E-state index in [-0.39, 0.29) is 17.0 Å². The van der Waals surface area contributed by atoms with Crippen molar-refractivity contribution in [3.05, 3.63) is 50.7 Å². The number of hydrogen-bond donors (Lipinski definition) is 1. The quantitative estimate of drug-likeness (QED) is 0.641. The van der Waals surface area contributed by atoms with Crippen LogP contribution in [0.25, 0.3) is 11.2 Å². The Morgan fingerprint density at radius 2 is 1.69 bits per heavy atom. The molecule has 12 heteroatoms. The fourth-order valence-corrected chi connectivity index (χ4v) is 3.53. The maximum absolute atomic E-state index is 12.6. The fraction of sp³-hybridized carbons (Fsp3) is 0.294. The van der Waals surface area contributed by atoms with Crippen molar-refractivity contribution in [1.82, 2.24) is 18.7 Å². The Balaban J connectivity index is 1.75. The maximum Gasteiger partial charge on any atom is 0.416 e. The summed E-state index contributed by atoms with van der Waals surface area (Å²) < 4.78 is 41.5. The summed E-state index contributed by atoms with van der Waals surface area (Å²) in [6.07, 6.45) is -4.45. The summed E-state index contributed by atoms with van der Waals surface area (Å²) in [4.78, 5) is 40.7. The molecule has 0 saturated carbocycles. The van der Waals surface area contributed by atoms with E-state index < -0.39 is 28.9 Å². The van der Waals surface area contributed by atoms with Crippen molar-refractivity contribution in [3.8, 4) is 0 Å². The molecular formula is C17H16F3N5O3S. The van der Waals surface area contributed by atoms with E-state index in [0.29, 0.717) is 10.8 Å². The molecular weight excluding hydrogens is 411 g/mol. The lowest BCUT2D eigenvalue weighted by Crippen LogP contribution is -2.37. The molecule has 3 aromatic rings. The summed E-state index contributed by atoms with van der Waals surface area (Å²) in [6.45, 7) is 0. The zero-order chi connectivity index (χ0) is 21.5. The highest BCUT2D eigenvalue weighted by molar-refractivity contribution is 7.99. The summed E-state index contributed by atoms with van der Waals surface area (Å²) in [7, 11) is 4.48. The Labute approximate surface area is 166 Å². The Bertz CT molecular complexity index is 1210. The van der Waals surface area contributed by atoms with Crippen LogP contribution in [0.1, 0.15) is 5.56 Å².